The summed E-state index contributed by atoms with van der Waals surface area (Å²) >= 11 is 6.64. The predicted molar refractivity (Wildman–Crippen MR) is 131 cm³/mol. The van der Waals surface area contributed by atoms with Gasteiger partial charge in [-0.15, -0.1) is 0 Å². The molecule has 3 heterocycles. The van der Waals surface area contributed by atoms with E-state index in [2.05, 4.69) is 40.3 Å². The van der Waals surface area contributed by atoms with Crippen LogP contribution in [0.4, 0.5) is 10.5 Å². The third-order valence-electron chi connectivity index (χ3n) is 7.10. The summed E-state index contributed by atoms with van der Waals surface area (Å²) in [5.41, 5.74) is 2.26. The lowest BCUT2D eigenvalue weighted by Gasteiger charge is -2.42. The lowest BCUT2D eigenvalue weighted by Crippen LogP contribution is -2.52. The Labute approximate surface area is 196 Å². The Morgan fingerprint density at radius 2 is 1.78 bits per heavy atom. The number of hydrogen-bond acceptors (Lipinski definition) is 4. The molecule has 3 aliphatic rings. The average molecular weight is 461 g/mol. The second-order valence-corrected chi connectivity index (χ2v) is 9.77. The zero-order chi connectivity index (χ0) is 22.9. The van der Waals surface area contributed by atoms with E-state index in [1.165, 1.54) is 6.42 Å². The molecule has 0 bridgehead atoms. The van der Waals surface area contributed by atoms with Crippen molar-refractivity contribution >= 4 is 34.3 Å². The van der Waals surface area contributed by atoms with Crippen molar-refractivity contribution < 1.29 is 9.21 Å². The summed E-state index contributed by atoms with van der Waals surface area (Å²) in [6.07, 6.45) is 5.25. The molecule has 2 aliphatic heterocycles. The maximum atomic E-state index is 12.4. The molecule has 1 aromatic heterocycles. The fraction of sp³-hybridized carbons (Fsp3) is 0.640. The van der Waals surface area contributed by atoms with Gasteiger partial charge in [-0.3, -0.25) is 9.80 Å². The zero-order valence-electron chi connectivity index (χ0n) is 19.9. The van der Waals surface area contributed by atoms with Gasteiger partial charge in [0.15, 0.2) is 0 Å². The van der Waals surface area contributed by atoms with E-state index in [4.69, 9.17) is 16.0 Å². The summed E-state index contributed by atoms with van der Waals surface area (Å²) in [5.74, 6) is 0.968. The largest absolute Gasteiger partial charge is 0.459 e. The maximum Gasteiger partial charge on any atom is 0.319 e. The summed E-state index contributed by atoms with van der Waals surface area (Å²) in [4.78, 5) is 17.4. The first-order valence-electron chi connectivity index (χ1n) is 12.3. The number of piperazine rings is 1. The van der Waals surface area contributed by atoms with Crippen LogP contribution in [0.25, 0.3) is 11.0 Å². The van der Waals surface area contributed by atoms with Gasteiger partial charge in [-0.1, -0.05) is 44.7 Å². The number of fused-ring (bicyclic) bond motifs is 4. The van der Waals surface area contributed by atoms with Crippen molar-refractivity contribution in [2.24, 2.45) is 0 Å². The molecular formula is C25H37ClN4O2. The summed E-state index contributed by atoms with van der Waals surface area (Å²) in [5, 5.41) is 7.79. The first kappa shape index (κ1) is 23.4. The SMILES string of the molecule is CC.CC(C)N1CCN(Cc2cc3cc(Cl)c4c(c3o2)C2(CCCCC2)NC(=O)N4)CC1. The van der Waals surface area contributed by atoms with E-state index in [9.17, 15) is 4.79 Å². The van der Waals surface area contributed by atoms with Crippen molar-refractivity contribution in [2.75, 3.05) is 31.5 Å². The van der Waals surface area contributed by atoms with Crippen molar-refractivity contribution in [3.05, 3.63) is 28.5 Å². The van der Waals surface area contributed by atoms with Crippen LogP contribution < -0.4 is 10.6 Å². The molecule has 5 rings (SSSR count). The van der Waals surface area contributed by atoms with Crippen molar-refractivity contribution in [2.45, 2.75) is 77.9 Å². The van der Waals surface area contributed by atoms with Crippen LogP contribution in [0.1, 0.15) is 71.1 Å². The number of benzene rings is 1. The first-order chi connectivity index (χ1) is 15.4. The molecule has 0 atom stereocenters. The molecule has 176 valence electrons. The highest BCUT2D eigenvalue weighted by Gasteiger charge is 2.43. The molecule has 0 radical (unpaired) electrons. The third kappa shape index (κ3) is 4.37. The molecule has 2 aromatic rings. The number of furan rings is 1. The molecule has 2 amide bonds. The second kappa shape index (κ2) is 9.62. The van der Waals surface area contributed by atoms with Gasteiger partial charge in [-0.25, -0.2) is 4.79 Å². The Morgan fingerprint density at radius 3 is 2.44 bits per heavy atom. The smallest absolute Gasteiger partial charge is 0.319 e. The molecule has 2 N–H and O–H groups in total. The highest BCUT2D eigenvalue weighted by molar-refractivity contribution is 6.35. The predicted octanol–water partition coefficient (Wildman–Crippen LogP) is 5.93. The molecule has 1 aliphatic carbocycles. The van der Waals surface area contributed by atoms with Crippen LogP contribution in [-0.4, -0.2) is 48.1 Å². The number of nitrogens with one attached hydrogen (secondary N) is 2. The summed E-state index contributed by atoms with van der Waals surface area (Å²) in [6, 6.07) is 4.49. The monoisotopic (exact) mass is 460 g/mol. The van der Waals surface area contributed by atoms with Crippen molar-refractivity contribution in [1.29, 1.82) is 0 Å². The zero-order valence-corrected chi connectivity index (χ0v) is 20.6. The van der Waals surface area contributed by atoms with Crippen LogP contribution in [0.15, 0.2) is 16.5 Å². The number of amides is 2. The van der Waals surface area contributed by atoms with Crippen LogP contribution in [0.5, 0.6) is 0 Å². The highest BCUT2D eigenvalue weighted by atomic mass is 35.5. The number of hydrogen-bond donors (Lipinski definition) is 2. The molecule has 6 nitrogen and oxygen atoms in total. The number of anilines is 1. The molecular weight excluding hydrogens is 424 g/mol. The molecule has 2 fully saturated rings. The van der Waals surface area contributed by atoms with E-state index >= 15 is 0 Å². The molecule has 1 saturated carbocycles. The minimum absolute atomic E-state index is 0.166. The lowest BCUT2D eigenvalue weighted by molar-refractivity contribution is 0.0994. The minimum Gasteiger partial charge on any atom is -0.459 e. The van der Waals surface area contributed by atoms with Gasteiger partial charge < -0.3 is 15.1 Å². The Kier molecular flexibility index (Phi) is 7.03. The van der Waals surface area contributed by atoms with Crippen LogP contribution in [0.2, 0.25) is 5.02 Å². The van der Waals surface area contributed by atoms with Crippen molar-refractivity contribution in [3.8, 4) is 0 Å². The standard InChI is InChI=1S/C23H31ClN4O2.C2H6/c1-15(2)28-10-8-27(9-11-28)14-17-12-16-13-18(24)20-19(21(16)30-17)23(26-22(29)25-20)6-4-3-5-7-23;1-2/h12-13,15H,3-11,14H2,1-2H3,(H2,25,26,29);1-2H3. The molecule has 0 unspecified atom stereocenters. The molecule has 1 aromatic carbocycles. The number of carbonyl (C=O) groups is 1. The van der Waals surface area contributed by atoms with Gasteiger partial charge in [-0.05, 0) is 38.8 Å². The first-order valence-corrected chi connectivity index (χ1v) is 12.6. The highest BCUT2D eigenvalue weighted by Crippen LogP contribution is 2.49. The van der Waals surface area contributed by atoms with Gasteiger partial charge in [0.25, 0.3) is 0 Å². The van der Waals surface area contributed by atoms with Gasteiger partial charge in [0.2, 0.25) is 0 Å². The third-order valence-corrected chi connectivity index (χ3v) is 7.40. The van der Waals surface area contributed by atoms with Gasteiger partial charge in [0, 0.05) is 43.2 Å². The van der Waals surface area contributed by atoms with Gasteiger partial charge in [0.1, 0.15) is 11.3 Å². The van der Waals surface area contributed by atoms with Gasteiger partial charge in [0.05, 0.1) is 22.8 Å². The number of halogens is 1. The van der Waals surface area contributed by atoms with Gasteiger partial charge >= 0.3 is 6.03 Å². The molecule has 1 saturated heterocycles. The fourth-order valence-corrected chi connectivity index (χ4v) is 5.73. The molecule has 1 spiro atoms. The average Bonchev–Trinajstić information content (AvgIpc) is 3.17. The van der Waals surface area contributed by atoms with Crippen LogP contribution in [-0.2, 0) is 12.1 Å². The van der Waals surface area contributed by atoms with Gasteiger partial charge in [-0.2, -0.15) is 0 Å². The number of urea groups is 1. The normalized spacial score (nSPS) is 21.1. The summed E-state index contributed by atoms with van der Waals surface area (Å²) < 4.78 is 6.46. The Bertz CT molecular complexity index is 956. The Hall–Kier alpha value is -1.76. The number of rotatable bonds is 3. The second-order valence-electron chi connectivity index (χ2n) is 9.37. The molecule has 7 heteroatoms. The summed E-state index contributed by atoms with van der Waals surface area (Å²) in [6.45, 7) is 13.6. The Morgan fingerprint density at radius 1 is 1.09 bits per heavy atom. The van der Waals surface area contributed by atoms with Crippen molar-refractivity contribution in [3.63, 3.8) is 0 Å². The quantitative estimate of drug-likeness (QED) is 0.595. The molecule has 32 heavy (non-hydrogen) atoms. The number of carbonyl (C=O) groups excluding carboxylic acids is 1. The van der Waals surface area contributed by atoms with Crippen LogP contribution in [0.3, 0.4) is 0 Å². The summed E-state index contributed by atoms with van der Waals surface area (Å²) in [7, 11) is 0. The van der Waals surface area contributed by atoms with Crippen molar-refractivity contribution in [1.82, 2.24) is 15.1 Å². The van der Waals surface area contributed by atoms with E-state index < -0.39 is 0 Å². The van der Waals surface area contributed by atoms with E-state index in [1.54, 1.807) is 0 Å². The fourth-order valence-electron chi connectivity index (χ4n) is 5.47. The van der Waals surface area contributed by atoms with E-state index in [0.29, 0.717) is 11.1 Å². The maximum absolute atomic E-state index is 12.4. The van der Waals surface area contributed by atoms with E-state index in [-0.39, 0.29) is 11.6 Å². The Balaban J connectivity index is 0.00000119. The van der Waals surface area contributed by atoms with E-state index in [1.807, 2.05) is 19.9 Å². The van der Waals surface area contributed by atoms with E-state index in [0.717, 1.165) is 86.4 Å². The lowest BCUT2D eigenvalue weighted by atomic mass is 9.74. The van der Waals surface area contributed by atoms with Crippen LogP contribution >= 0.6 is 11.6 Å². The topological polar surface area (TPSA) is 60.8 Å². The number of nitrogens with zero attached hydrogens (tertiary/aromatic N) is 2. The van der Waals surface area contributed by atoms with Crippen LogP contribution in [0, 0.1) is 0 Å². The minimum atomic E-state index is -0.378.